The standard InChI is InChI=1S/C8H6ClIN2S2/c1-4(9)7-11-12-8(14-7)5-2-6(10)13-3-5/h2-4H,1H3. The highest BCUT2D eigenvalue weighted by Gasteiger charge is 2.11. The minimum atomic E-state index is -0.0565. The molecule has 2 nitrogen and oxygen atoms in total. The largest absolute Gasteiger partial charge is 0.148 e. The van der Waals surface area contributed by atoms with Gasteiger partial charge < -0.3 is 0 Å². The summed E-state index contributed by atoms with van der Waals surface area (Å²) in [5.41, 5.74) is 1.14. The molecule has 0 spiro atoms. The molecule has 0 aliphatic rings. The van der Waals surface area contributed by atoms with Crippen LogP contribution in [0.5, 0.6) is 0 Å². The van der Waals surface area contributed by atoms with E-state index in [2.05, 4.69) is 44.2 Å². The lowest BCUT2D eigenvalue weighted by Crippen LogP contribution is -1.80. The monoisotopic (exact) mass is 356 g/mol. The minimum Gasteiger partial charge on any atom is -0.142 e. The lowest BCUT2D eigenvalue weighted by molar-refractivity contribution is 0.963. The maximum absolute atomic E-state index is 5.92. The summed E-state index contributed by atoms with van der Waals surface area (Å²) in [5, 5.41) is 12.0. The Morgan fingerprint density at radius 1 is 1.50 bits per heavy atom. The van der Waals surface area contributed by atoms with Gasteiger partial charge in [0.15, 0.2) is 0 Å². The van der Waals surface area contributed by atoms with E-state index >= 15 is 0 Å². The molecule has 2 rings (SSSR count). The van der Waals surface area contributed by atoms with Crippen LogP contribution in [0.15, 0.2) is 11.4 Å². The van der Waals surface area contributed by atoms with Crippen molar-refractivity contribution in [3.8, 4) is 10.6 Å². The van der Waals surface area contributed by atoms with E-state index in [9.17, 15) is 0 Å². The quantitative estimate of drug-likeness (QED) is 0.596. The molecule has 0 aliphatic heterocycles. The number of hydrogen-bond donors (Lipinski definition) is 0. The zero-order valence-corrected chi connectivity index (χ0v) is 11.7. The first-order chi connectivity index (χ1) is 6.66. The molecule has 0 N–H and O–H groups in total. The van der Waals surface area contributed by atoms with Gasteiger partial charge in [0.25, 0.3) is 0 Å². The average molecular weight is 357 g/mol. The van der Waals surface area contributed by atoms with Crippen LogP contribution in [0.25, 0.3) is 10.6 Å². The smallest absolute Gasteiger partial charge is 0.142 e. The molecule has 14 heavy (non-hydrogen) atoms. The third-order valence-corrected chi connectivity index (χ3v) is 4.88. The zero-order chi connectivity index (χ0) is 10.1. The van der Waals surface area contributed by atoms with Gasteiger partial charge in [-0.1, -0.05) is 11.3 Å². The zero-order valence-electron chi connectivity index (χ0n) is 7.20. The third kappa shape index (κ3) is 2.26. The molecule has 0 aromatic carbocycles. The molecule has 0 radical (unpaired) electrons. The fourth-order valence-electron chi connectivity index (χ4n) is 0.934. The minimum absolute atomic E-state index is 0.0565. The number of thiophene rings is 1. The highest BCUT2D eigenvalue weighted by molar-refractivity contribution is 14.1. The van der Waals surface area contributed by atoms with Crippen LogP contribution in [0.3, 0.4) is 0 Å². The van der Waals surface area contributed by atoms with E-state index in [-0.39, 0.29) is 5.38 Å². The number of alkyl halides is 1. The molecule has 0 saturated carbocycles. The molecule has 1 atom stereocenters. The Hall–Kier alpha value is 0.280. The molecule has 1 unspecified atom stereocenters. The number of halogens is 2. The fourth-order valence-corrected chi connectivity index (χ4v) is 3.28. The topological polar surface area (TPSA) is 25.8 Å². The Bertz CT molecular complexity index is 438. The van der Waals surface area contributed by atoms with Gasteiger partial charge in [0.05, 0.1) is 8.26 Å². The summed E-state index contributed by atoms with van der Waals surface area (Å²) in [6.07, 6.45) is 0. The highest BCUT2D eigenvalue weighted by atomic mass is 127. The van der Waals surface area contributed by atoms with Gasteiger partial charge in [-0.3, -0.25) is 0 Å². The molecule has 2 heterocycles. The average Bonchev–Trinajstić information content (AvgIpc) is 2.70. The van der Waals surface area contributed by atoms with Gasteiger partial charge in [-0.15, -0.1) is 33.1 Å². The van der Waals surface area contributed by atoms with E-state index in [1.54, 1.807) is 22.7 Å². The van der Waals surface area contributed by atoms with Crippen molar-refractivity contribution < 1.29 is 0 Å². The summed E-state index contributed by atoms with van der Waals surface area (Å²) in [7, 11) is 0. The van der Waals surface area contributed by atoms with E-state index in [4.69, 9.17) is 11.6 Å². The van der Waals surface area contributed by atoms with E-state index in [1.165, 1.54) is 2.88 Å². The van der Waals surface area contributed by atoms with Crippen molar-refractivity contribution >= 4 is 56.9 Å². The van der Waals surface area contributed by atoms with Crippen molar-refractivity contribution in [2.45, 2.75) is 12.3 Å². The molecule has 0 bridgehead atoms. The number of aromatic nitrogens is 2. The summed E-state index contributed by atoms with van der Waals surface area (Å²) >= 11 is 11.5. The van der Waals surface area contributed by atoms with Gasteiger partial charge in [0.2, 0.25) is 0 Å². The second kappa shape index (κ2) is 4.42. The number of hydrogen-bond acceptors (Lipinski definition) is 4. The van der Waals surface area contributed by atoms with E-state index < -0.39 is 0 Å². The van der Waals surface area contributed by atoms with Crippen molar-refractivity contribution in [3.05, 3.63) is 19.3 Å². The molecule has 2 aromatic rings. The van der Waals surface area contributed by atoms with Crippen LogP contribution in [0.4, 0.5) is 0 Å². The van der Waals surface area contributed by atoms with Crippen LogP contribution >= 0.6 is 56.9 Å². The Kier molecular flexibility index (Phi) is 3.41. The van der Waals surface area contributed by atoms with Crippen molar-refractivity contribution in [1.29, 1.82) is 0 Å². The van der Waals surface area contributed by atoms with Crippen molar-refractivity contribution in [3.63, 3.8) is 0 Å². The van der Waals surface area contributed by atoms with E-state index in [0.29, 0.717) is 0 Å². The van der Waals surface area contributed by atoms with Gasteiger partial charge >= 0.3 is 0 Å². The van der Waals surface area contributed by atoms with Crippen LogP contribution in [0.1, 0.15) is 17.3 Å². The SMILES string of the molecule is CC(Cl)c1nnc(-c2csc(I)c2)s1. The second-order valence-corrected chi connectivity index (χ2v) is 7.17. The van der Waals surface area contributed by atoms with Gasteiger partial charge in [-0.25, -0.2) is 0 Å². The van der Waals surface area contributed by atoms with Crippen LogP contribution in [-0.2, 0) is 0 Å². The number of rotatable bonds is 2. The fraction of sp³-hybridized carbons (Fsp3) is 0.250. The summed E-state index contributed by atoms with van der Waals surface area (Å²) in [6.45, 7) is 1.91. The van der Waals surface area contributed by atoms with Crippen LogP contribution in [0.2, 0.25) is 0 Å². The summed E-state index contributed by atoms with van der Waals surface area (Å²) in [5.74, 6) is 0. The molecule has 0 amide bonds. The highest BCUT2D eigenvalue weighted by Crippen LogP contribution is 2.32. The molecule has 74 valence electrons. The molecule has 6 heteroatoms. The Morgan fingerprint density at radius 3 is 2.79 bits per heavy atom. The van der Waals surface area contributed by atoms with Gasteiger partial charge in [-0.05, 0) is 35.6 Å². The Labute approximate surface area is 108 Å². The van der Waals surface area contributed by atoms with Crippen LogP contribution < -0.4 is 0 Å². The molecule has 2 aromatic heterocycles. The maximum Gasteiger partial charge on any atom is 0.148 e. The lowest BCUT2D eigenvalue weighted by Gasteiger charge is -1.90. The number of nitrogens with zero attached hydrogens (tertiary/aromatic N) is 2. The third-order valence-electron chi connectivity index (χ3n) is 1.60. The Balaban J connectivity index is 2.33. The van der Waals surface area contributed by atoms with Crippen molar-refractivity contribution in [2.75, 3.05) is 0 Å². The van der Waals surface area contributed by atoms with Crippen molar-refractivity contribution in [1.82, 2.24) is 10.2 Å². The summed E-state index contributed by atoms with van der Waals surface area (Å²) in [4.78, 5) is 0. The second-order valence-electron chi connectivity index (χ2n) is 2.70. The Morgan fingerprint density at radius 2 is 2.29 bits per heavy atom. The van der Waals surface area contributed by atoms with E-state index in [1.807, 2.05) is 6.92 Å². The molecule has 0 fully saturated rings. The normalized spacial score (nSPS) is 13.1. The van der Waals surface area contributed by atoms with Crippen molar-refractivity contribution in [2.24, 2.45) is 0 Å². The van der Waals surface area contributed by atoms with Crippen LogP contribution in [0, 0.1) is 2.88 Å². The molecule has 0 aliphatic carbocycles. The predicted molar refractivity (Wildman–Crippen MR) is 70.2 cm³/mol. The molecular weight excluding hydrogens is 351 g/mol. The molecule has 0 saturated heterocycles. The van der Waals surface area contributed by atoms with Gasteiger partial charge in [-0.2, -0.15) is 0 Å². The first-order valence-corrected chi connectivity index (χ1v) is 7.10. The summed E-state index contributed by atoms with van der Waals surface area (Å²) in [6, 6.07) is 2.11. The first-order valence-electron chi connectivity index (χ1n) is 3.88. The van der Waals surface area contributed by atoms with Crippen LogP contribution in [-0.4, -0.2) is 10.2 Å². The van der Waals surface area contributed by atoms with Gasteiger partial charge in [0, 0.05) is 10.9 Å². The molecular formula is C8H6ClIN2S2. The maximum atomic E-state index is 5.92. The van der Waals surface area contributed by atoms with Gasteiger partial charge in [0.1, 0.15) is 10.0 Å². The van der Waals surface area contributed by atoms with E-state index in [0.717, 1.165) is 15.6 Å². The first kappa shape index (κ1) is 10.8. The lowest BCUT2D eigenvalue weighted by atomic mass is 10.4. The predicted octanol–water partition coefficient (Wildman–Crippen LogP) is 4.17. The summed E-state index contributed by atoms with van der Waals surface area (Å²) < 4.78 is 1.26.